The van der Waals surface area contributed by atoms with Gasteiger partial charge in [-0.25, -0.2) is 0 Å². The van der Waals surface area contributed by atoms with E-state index in [1.165, 1.54) is 0 Å². The van der Waals surface area contributed by atoms with Gasteiger partial charge in [0.2, 0.25) is 0 Å². The number of hydrogen-bond donors (Lipinski definition) is 2. The van der Waals surface area contributed by atoms with Crippen LogP contribution in [0.1, 0.15) is 24.0 Å². The van der Waals surface area contributed by atoms with Crippen molar-refractivity contribution in [2.24, 2.45) is 5.73 Å². The molecule has 0 spiro atoms. The second kappa shape index (κ2) is 5.16. The normalized spacial score (nSPS) is 16.4. The molecule has 98 valence electrons. The summed E-state index contributed by atoms with van der Waals surface area (Å²) in [7, 11) is 0. The molecule has 0 radical (unpaired) electrons. The van der Waals surface area contributed by atoms with Gasteiger partial charge in [-0.15, -0.1) is 0 Å². The molecular weight excluding hydrogens is 254 g/mol. The number of halogens is 1. The van der Waals surface area contributed by atoms with Gasteiger partial charge < -0.3 is 15.6 Å². The van der Waals surface area contributed by atoms with Crippen LogP contribution in [0.15, 0.2) is 12.1 Å². The van der Waals surface area contributed by atoms with Crippen LogP contribution in [0, 0.1) is 6.92 Å². The Hall–Kier alpha value is -1.26. The average molecular weight is 270 g/mol. The van der Waals surface area contributed by atoms with E-state index in [1.807, 2.05) is 19.1 Å². The lowest BCUT2D eigenvalue weighted by Crippen LogP contribution is -2.32. The molecule has 1 aromatic rings. The van der Waals surface area contributed by atoms with E-state index in [9.17, 15) is 4.79 Å². The largest absolute Gasteiger partial charge is 0.489 e. The summed E-state index contributed by atoms with van der Waals surface area (Å²) in [6, 6.07) is 2.76. The first-order valence-electron chi connectivity index (χ1n) is 5.91. The van der Waals surface area contributed by atoms with Gasteiger partial charge in [-0.05, 0) is 37.0 Å². The van der Waals surface area contributed by atoms with Crippen molar-refractivity contribution in [3.8, 4) is 5.75 Å². The van der Waals surface area contributed by atoms with Gasteiger partial charge in [-0.1, -0.05) is 17.7 Å². The molecule has 0 aromatic heterocycles. The highest BCUT2D eigenvalue weighted by Gasteiger charge is 2.26. The summed E-state index contributed by atoms with van der Waals surface area (Å²) in [5.41, 5.74) is 7.30. The number of carboxylic acids is 1. The Morgan fingerprint density at radius 1 is 1.61 bits per heavy atom. The molecular formula is C13H16ClNO3. The maximum atomic E-state index is 10.8. The number of ether oxygens (including phenoxy) is 1. The van der Waals surface area contributed by atoms with Crippen molar-refractivity contribution in [1.82, 2.24) is 0 Å². The van der Waals surface area contributed by atoms with Gasteiger partial charge in [0.25, 0.3) is 0 Å². The SMILES string of the molecule is Cc1cc(Cl)c(OC2CC2)c(CC(N)C(=O)O)c1. The first-order valence-corrected chi connectivity index (χ1v) is 6.29. The molecule has 0 bridgehead atoms. The number of rotatable bonds is 5. The molecule has 2 rings (SSSR count). The van der Waals surface area contributed by atoms with Crippen LogP contribution in [0.2, 0.25) is 5.02 Å². The standard InChI is InChI=1S/C13H16ClNO3/c1-7-4-8(6-11(15)13(16)17)12(10(14)5-7)18-9-2-3-9/h4-5,9,11H,2-3,6,15H2,1H3,(H,16,17). The Morgan fingerprint density at radius 2 is 2.28 bits per heavy atom. The first-order chi connectivity index (χ1) is 8.47. The third-order valence-corrected chi connectivity index (χ3v) is 3.11. The fraction of sp³-hybridized carbons (Fsp3) is 0.462. The Labute approximate surface area is 111 Å². The van der Waals surface area contributed by atoms with Crippen LogP contribution in [0.4, 0.5) is 0 Å². The molecule has 1 atom stereocenters. The van der Waals surface area contributed by atoms with E-state index >= 15 is 0 Å². The number of carboxylic acid groups (broad SMARTS) is 1. The Kier molecular flexibility index (Phi) is 3.78. The molecule has 0 saturated heterocycles. The Morgan fingerprint density at radius 3 is 2.83 bits per heavy atom. The van der Waals surface area contributed by atoms with E-state index in [-0.39, 0.29) is 12.5 Å². The lowest BCUT2D eigenvalue weighted by Gasteiger charge is -2.15. The highest BCUT2D eigenvalue weighted by Crippen LogP contribution is 2.36. The van der Waals surface area contributed by atoms with E-state index in [0.717, 1.165) is 24.0 Å². The van der Waals surface area contributed by atoms with Gasteiger partial charge in [0, 0.05) is 6.42 Å². The van der Waals surface area contributed by atoms with E-state index in [1.54, 1.807) is 0 Å². The monoisotopic (exact) mass is 269 g/mol. The van der Waals surface area contributed by atoms with Crippen molar-refractivity contribution in [3.05, 3.63) is 28.3 Å². The number of carbonyl (C=O) groups is 1. The molecule has 5 heteroatoms. The predicted molar refractivity (Wildman–Crippen MR) is 69.2 cm³/mol. The maximum absolute atomic E-state index is 10.8. The molecule has 0 amide bonds. The summed E-state index contributed by atoms with van der Waals surface area (Å²) in [6.07, 6.45) is 2.48. The minimum Gasteiger partial charge on any atom is -0.489 e. The Balaban J connectivity index is 2.27. The molecule has 1 aliphatic rings. The average Bonchev–Trinajstić information content (AvgIpc) is 3.06. The smallest absolute Gasteiger partial charge is 0.320 e. The topological polar surface area (TPSA) is 72.5 Å². The van der Waals surface area contributed by atoms with E-state index in [4.69, 9.17) is 27.2 Å². The fourth-order valence-corrected chi connectivity index (χ4v) is 2.10. The highest BCUT2D eigenvalue weighted by molar-refractivity contribution is 6.32. The fourth-order valence-electron chi connectivity index (χ4n) is 1.76. The highest BCUT2D eigenvalue weighted by atomic mass is 35.5. The molecule has 1 aromatic carbocycles. The van der Waals surface area contributed by atoms with Crippen molar-refractivity contribution in [3.63, 3.8) is 0 Å². The van der Waals surface area contributed by atoms with Crippen LogP contribution in [0.3, 0.4) is 0 Å². The lowest BCUT2D eigenvalue weighted by atomic mass is 10.0. The van der Waals surface area contributed by atoms with Crippen molar-refractivity contribution >= 4 is 17.6 Å². The second-order valence-corrected chi connectivity index (χ2v) is 5.11. The second-order valence-electron chi connectivity index (χ2n) is 4.70. The summed E-state index contributed by atoms with van der Waals surface area (Å²) >= 11 is 6.16. The van der Waals surface area contributed by atoms with E-state index < -0.39 is 12.0 Å². The third-order valence-electron chi connectivity index (χ3n) is 2.83. The van der Waals surface area contributed by atoms with Gasteiger partial charge in [0.1, 0.15) is 11.8 Å². The van der Waals surface area contributed by atoms with Crippen LogP contribution in [-0.4, -0.2) is 23.2 Å². The van der Waals surface area contributed by atoms with Crippen molar-refractivity contribution in [2.45, 2.75) is 38.3 Å². The molecule has 4 nitrogen and oxygen atoms in total. The summed E-state index contributed by atoms with van der Waals surface area (Å²) in [4.78, 5) is 10.8. The van der Waals surface area contributed by atoms with E-state index in [2.05, 4.69) is 0 Å². The van der Waals surface area contributed by atoms with Crippen LogP contribution >= 0.6 is 11.6 Å². The summed E-state index contributed by atoms with van der Waals surface area (Å²) in [5, 5.41) is 9.39. The molecule has 3 N–H and O–H groups in total. The zero-order chi connectivity index (χ0) is 13.3. The number of aryl methyl sites for hydroxylation is 1. The van der Waals surface area contributed by atoms with E-state index in [0.29, 0.717) is 10.8 Å². The molecule has 18 heavy (non-hydrogen) atoms. The molecule has 1 aliphatic carbocycles. The van der Waals surface area contributed by atoms with Gasteiger partial charge >= 0.3 is 5.97 Å². The first kappa shape index (κ1) is 13.2. The zero-order valence-electron chi connectivity index (χ0n) is 10.1. The Bertz CT molecular complexity index is 472. The van der Waals surface area contributed by atoms with Gasteiger partial charge in [0.15, 0.2) is 0 Å². The van der Waals surface area contributed by atoms with Gasteiger partial charge in [0.05, 0.1) is 11.1 Å². The van der Waals surface area contributed by atoms with Crippen LogP contribution in [0.5, 0.6) is 5.75 Å². The quantitative estimate of drug-likeness (QED) is 0.859. The summed E-state index contributed by atoms with van der Waals surface area (Å²) in [6.45, 7) is 1.91. The number of benzene rings is 1. The summed E-state index contributed by atoms with van der Waals surface area (Å²) in [5.74, 6) is -0.438. The van der Waals surface area contributed by atoms with Crippen molar-refractivity contribution in [1.29, 1.82) is 0 Å². The zero-order valence-corrected chi connectivity index (χ0v) is 10.9. The van der Waals surface area contributed by atoms with Crippen molar-refractivity contribution < 1.29 is 14.6 Å². The predicted octanol–water partition coefficient (Wildman–Crippen LogP) is 2.14. The molecule has 1 saturated carbocycles. The lowest BCUT2D eigenvalue weighted by molar-refractivity contribution is -0.138. The molecule has 0 heterocycles. The number of nitrogens with two attached hydrogens (primary N) is 1. The van der Waals surface area contributed by atoms with Crippen LogP contribution in [0.25, 0.3) is 0 Å². The van der Waals surface area contributed by atoms with Gasteiger partial charge in [-0.2, -0.15) is 0 Å². The number of hydrogen-bond acceptors (Lipinski definition) is 3. The maximum Gasteiger partial charge on any atom is 0.320 e. The number of aliphatic carboxylic acids is 1. The van der Waals surface area contributed by atoms with Crippen molar-refractivity contribution in [2.75, 3.05) is 0 Å². The van der Waals surface area contributed by atoms with Gasteiger partial charge in [-0.3, -0.25) is 4.79 Å². The molecule has 0 aliphatic heterocycles. The third kappa shape index (κ3) is 3.15. The molecule has 1 unspecified atom stereocenters. The minimum atomic E-state index is -1.02. The van der Waals surface area contributed by atoms with Crippen LogP contribution < -0.4 is 10.5 Å². The summed E-state index contributed by atoms with van der Waals surface area (Å²) < 4.78 is 5.74. The molecule has 1 fully saturated rings. The van der Waals surface area contributed by atoms with Crippen LogP contribution in [-0.2, 0) is 11.2 Å². The minimum absolute atomic E-state index is 0.213.